The predicted octanol–water partition coefficient (Wildman–Crippen LogP) is 3.15. The number of hydrogen-bond donors (Lipinski definition) is 2. The Morgan fingerprint density at radius 2 is 1.89 bits per heavy atom. The van der Waals surface area contributed by atoms with E-state index >= 15 is 0 Å². The van der Waals surface area contributed by atoms with Crippen molar-refractivity contribution in [2.75, 3.05) is 18.5 Å². The van der Waals surface area contributed by atoms with Crippen LogP contribution in [0, 0.1) is 23.7 Å². The maximum absolute atomic E-state index is 12.7. The van der Waals surface area contributed by atoms with Crippen LogP contribution in [0.25, 0.3) is 0 Å². The molecule has 0 aliphatic heterocycles. The number of carbonyl (C=O) groups excluding carboxylic acids is 1. The third-order valence-electron chi connectivity index (χ3n) is 6.51. The topological polar surface area (TPSA) is 84.5 Å². The van der Waals surface area contributed by atoms with Gasteiger partial charge in [0.05, 0.1) is 11.5 Å². The summed E-state index contributed by atoms with van der Waals surface area (Å²) >= 11 is 0. The second kappa shape index (κ2) is 8.13. The molecule has 6 nitrogen and oxygen atoms in total. The number of carbonyl (C=O) groups is 1. The van der Waals surface area contributed by atoms with Gasteiger partial charge in [0, 0.05) is 11.7 Å². The molecule has 154 valence electrons. The number of nitrogens with one attached hydrogen (secondary N) is 2. The third kappa shape index (κ3) is 4.75. The van der Waals surface area contributed by atoms with Crippen LogP contribution in [0.2, 0.25) is 0 Å². The van der Waals surface area contributed by atoms with Crippen LogP contribution >= 0.6 is 0 Å². The summed E-state index contributed by atoms with van der Waals surface area (Å²) in [6, 6.07) is 6.27. The van der Waals surface area contributed by atoms with Gasteiger partial charge in [0.25, 0.3) is 0 Å². The molecule has 3 aliphatic rings. The van der Waals surface area contributed by atoms with Crippen LogP contribution in [-0.2, 0) is 19.6 Å². The first-order valence-electron chi connectivity index (χ1n) is 10.4. The summed E-state index contributed by atoms with van der Waals surface area (Å²) in [5, 5.41) is 2.74. The Kier molecular flexibility index (Phi) is 5.76. The zero-order chi connectivity index (χ0) is 19.7. The second-order valence-corrected chi connectivity index (χ2v) is 10.5. The molecule has 0 saturated heterocycles. The largest absolute Gasteiger partial charge is 0.371 e. The van der Waals surface area contributed by atoms with E-state index in [2.05, 4.69) is 10.0 Å². The summed E-state index contributed by atoms with van der Waals surface area (Å²) < 4.78 is 33.7. The SMILES string of the molecule is CC(NS(=O)(=O)c1ccc(NC(=O)COCC2CC2)cc1)C1CC2CCC1C2. The minimum Gasteiger partial charge on any atom is -0.371 e. The molecule has 0 spiro atoms. The Hall–Kier alpha value is -1.44. The van der Waals surface area contributed by atoms with E-state index < -0.39 is 10.0 Å². The van der Waals surface area contributed by atoms with Crippen LogP contribution in [0.15, 0.2) is 29.2 Å². The quantitative estimate of drug-likeness (QED) is 0.660. The van der Waals surface area contributed by atoms with Gasteiger partial charge in [-0.05, 0) is 87.0 Å². The van der Waals surface area contributed by atoms with Crippen molar-refractivity contribution >= 4 is 21.6 Å². The van der Waals surface area contributed by atoms with Crippen LogP contribution in [0.5, 0.6) is 0 Å². The lowest BCUT2D eigenvalue weighted by Gasteiger charge is -2.28. The summed E-state index contributed by atoms with van der Waals surface area (Å²) in [5.41, 5.74) is 0.570. The molecule has 0 aromatic heterocycles. The van der Waals surface area contributed by atoms with Crippen molar-refractivity contribution < 1.29 is 17.9 Å². The molecule has 2 bridgehead atoms. The van der Waals surface area contributed by atoms with Crippen molar-refractivity contribution in [1.82, 2.24) is 4.72 Å². The van der Waals surface area contributed by atoms with E-state index in [0.29, 0.717) is 30.0 Å². The maximum atomic E-state index is 12.7. The molecule has 4 rings (SSSR count). The summed E-state index contributed by atoms with van der Waals surface area (Å²) in [5.74, 6) is 2.30. The van der Waals surface area contributed by atoms with Gasteiger partial charge in [0.1, 0.15) is 6.61 Å². The average molecular weight is 407 g/mol. The van der Waals surface area contributed by atoms with Crippen molar-refractivity contribution in [2.45, 2.75) is 56.4 Å². The summed E-state index contributed by atoms with van der Waals surface area (Å²) in [4.78, 5) is 12.1. The van der Waals surface area contributed by atoms with Crippen LogP contribution in [0.1, 0.15) is 45.4 Å². The summed E-state index contributed by atoms with van der Waals surface area (Å²) in [7, 11) is -3.56. The highest BCUT2D eigenvalue weighted by atomic mass is 32.2. The highest BCUT2D eigenvalue weighted by molar-refractivity contribution is 7.89. The smallest absolute Gasteiger partial charge is 0.250 e. The number of fused-ring (bicyclic) bond motifs is 2. The zero-order valence-corrected chi connectivity index (χ0v) is 17.2. The molecule has 2 N–H and O–H groups in total. The number of amides is 1. The fourth-order valence-corrected chi connectivity index (χ4v) is 6.12. The predicted molar refractivity (Wildman–Crippen MR) is 107 cm³/mol. The number of ether oxygens (including phenoxy) is 1. The molecule has 0 heterocycles. The standard InChI is InChI=1S/C21H30N2O4S/c1-14(20-11-16-4-5-17(20)10-16)23-28(25,26)19-8-6-18(7-9-19)22-21(24)13-27-12-15-2-3-15/h6-9,14-17,20,23H,2-5,10-13H2,1H3,(H,22,24). The van der Waals surface area contributed by atoms with E-state index in [0.717, 1.165) is 12.3 Å². The van der Waals surface area contributed by atoms with E-state index in [1.807, 2.05) is 6.92 Å². The average Bonchev–Trinajstić information content (AvgIpc) is 3.23. The molecule has 28 heavy (non-hydrogen) atoms. The van der Waals surface area contributed by atoms with Crippen molar-refractivity contribution in [2.24, 2.45) is 23.7 Å². The van der Waals surface area contributed by atoms with Gasteiger partial charge < -0.3 is 10.1 Å². The Morgan fingerprint density at radius 3 is 2.50 bits per heavy atom. The number of anilines is 1. The van der Waals surface area contributed by atoms with E-state index in [1.54, 1.807) is 12.1 Å². The molecule has 4 unspecified atom stereocenters. The Balaban J connectivity index is 1.29. The monoisotopic (exact) mass is 406 g/mol. The minimum absolute atomic E-state index is 0.0270. The van der Waals surface area contributed by atoms with Crippen molar-refractivity contribution in [3.05, 3.63) is 24.3 Å². The normalized spacial score (nSPS) is 27.7. The Morgan fingerprint density at radius 1 is 1.14 bits per heavy atom. The first-order valence-corrected chi connectivity index (χ1v) is 11.9. The molecule has 1 aromatic carbocycles. The zero-order valence-electron chi connectivity index (χ0n) is 16.4. The van der Waals surface area contributed by atoms with E-state index in [9.17, 15) is 13.2 Å². The molecule has 3 saturated carbocycles. The fourth-order valence-electron chi connectivity index (χ4n) is 4.82. The van der Waals surface area contributed by atoms with Gasteiger partial charge in [-0.15, -0.1) is 0 Å². The van der Waals surface area contributed by atoms with Crippen LogP contribution in [-0.4, -0.2) is 33.6 Å². The van der Waals surface area contributed by atoms with E-state index in [4.69, 9.17) is 4.74 Å². The highest BCUT2D eigenvalue weighted by Gasteiger charge is 2.42. The number of rotatable bonds is 9. The van der Waals surface area contributed by atoms with Gasteiger partial charge in [0.2, 0.25) is 15.9 Å². The van der Waals surface area contributed by atoms with E-state index in [-0.39, 0.29) is 23.5 Å². The molecule has 1 amide bonds. The number of sulfonamides is 1. The Bertz CT molecular complexity index is 804. The summed E-state index contributed by atoms with van der Waals surface area (Å²) in [6.07, 6.45) is 7.32. The first-order chi connectivity index (χ1) is 13.4. The first kappa shape index (κ1) is 19.9. The number of benzene rings is 1. The van der Waals surface area contributed by atoms with E-state index in [1.165, 1.54) is 44.2 Å². The molecule has 0 radical (unpaired) electrons. The summed E-state index contributed by atoms with van der Waals surface area (Å²) in [6.45, 7) is 2.65. The lowest BCUT2D eigenvalue weighted by Crippen LogP contribution is -2.40. The highest BCUT2D eigenvalue weighted by Crippen LogP contribution is 2.49. The van der Waals surface area contributed by atoms with Gasteiger partial charge in [-0.2, -0.15) is 0 Å². The molecular formula is C21H30N2O4S. The van der Waals surface area contributed by atoms with Gasteiger partial charge in [0.15, 0.2) is 0 Å². The minimum atomic E-state index is -3.56. The van der Waals surface area contributed by atoms with Crippen LogP contribution in [0.4, 0.5) is 5.69 Å². The third-order valence-corrected chi connectivity index (χ3v) is 8.08. The van der Waals surface area contributed by atoms with Gasteiger partial charge in [-0.1, -0.05) is 6.42 Å². The fraction of sp³-hybridized carbons (Fsp3) is 0.667. The van der Waals surface area contributed by atoms with Crippen LogP contribution in [0.3, 0.4) is 0 Å². The van der Waals surface area contributed by atoms with Crippen molar-refractivity contribution in [3.8, 4) is 0 Å². The molecule has 3 aliphatic carbocycles. The number of hydrogen-bond acceptors (Lipinski definition) is 4. The molecule has 1 aromatic rings. The second-order valence-electron chi connectivity index (χ2n) is 8.78. The van der Waals surface area contributed by atoms with Crippen molar-refractivity contribution in [3.63, 3.8) is 0 Å². The van der Waals surface area contributed by atoms with Gasteiger partial charge in [-0.3, -0.25) is 4.79 Å². The lowest BCUT2D eigenvalue weighted by molar-refractivity contribution is -0.120. The van der Waals surface area contributed by atoms with Crippen LogP contribution < -0.4 is 10.0 Å². The van der Waals surface area contributed by atoms with Crippen molar-refractivity contribution in [1.29, 1.82) is 0 Å². The van der Waals surface area contributed by atoms with Gasteiger partial charge in [-0.25, -0.2) is 13.1 Å². The van der Waals surface area contributed by atoms with Gasteiger partial charge >= 0.3 is 0 Å². The molecule has 7 heteroatoms. The lowest BCUT2D eigenvalue weighted by atomic mass is 9.84. The maximum Gasteiger partial charge on any atom is 0.250 e. The molecule has 3 fully saturated rings. The molecule has 4 atom stereocenters. The molecular weight excluding hydrogens is 376 g/mol. The Labute approximate surface area is 167 Å².